The molecule has 3 unspecified atom stereocenters. The highest BCUT2D eigenvalue weighted by atomic mass is 15.2. The van der Waals surface area contributed by atoms with Crippen LogP contribution in [0.5, 0.6) is 0 Å². The Hall–Kier alpha value is -4.88. The van der Waals surface area contributed by atoms with E-state index in [0.717, 1.165) is 6.42 Å². The number of allylic oxidation sites excluding steroid dienone is 1. The summed E-state index contributed by atoms with van der Waals surface area (Å²) in [6.07, 6.45) is 3.75. The summed E-state index contributed by atoms with van der Waals surface area (Å²) < 4.78 is 0. The van der Waals surface area contributed by atoms with Gasteiger partial charge >= 0.3 is 0 Å². The zero-order valence-electron chi connectivity index (χ0n) is 22.6. The van der Waals surface area contributed by atoms with Crippen LogP contribution in [0.1, 0.15) is 34.9 Å². The number of benzene rings is 7. The van der Waals surface area contributed by atoms with Crippen LogP contribution >= 0.6 is 0 Å². The Labute approximate surface area is 239 Å². The molecule has 2 aliphatic heterocycles. The second-order valence-electron chi connectivity index (χ2n) is 12.1. The molecule has 0 bridgehead atoms. The third-order valence-corrected chi connectivity index (χ3v) is 10.1. The van der Waals surface area contributed by atoms with Crippen molar-refractivity contribution in [3.8, 4) is 0 Å². The molecule has 3 atom stereocenters. The van der Waals surface area contributed by atoms with Crippen LogP contribution in [0.4, 0.5) is 11.4 Å². The van der Waals surface area contributed by atoms with Gasteiger partial charge in [0.05, 0.1) is 6.04 Å². The lowest BCUT2D eigenvalue weighted by Gasteiger charge is -2.32. The highest BCUT2D eigenvalue weighted by Gasteiger charge is 2.50. The quantitative estimate of drug-likeness (QED) is 0.194. The second-order valence-corrected chi connectivity index (χ2v) is 12.1. The van der Waals surface area contributed by atoms with Gasteiger partial charge in [0.15, 0.2) is 0 Å². The van der Waals surface area contributed by atoms with Crippen LogP contribution in [0.2, 0.25) is 0 Å². The fourth-order valence-electron chi connectivity index (χ4n) is 8.31. The minimum atomic E-state index is 0.345. The van der Waals surface area contributed by atoms with E-state index in [-0.39, 0.29) is 0 Å². The predicted octanol–water partition coefficient (Wildman–Crippen LogP) is 10.5. The molecular weight excluding hydrogens is 494 g/mol. The van der Waals surface area contributed by atoms with Gasteiger partial charge in [-0.2, -0.15) is 0 Å². The van der Waals surface area contributed by atoms with E-state index in [0.29, 0.717) is 17.9 Å². The molecule has 10 rings (SSSR count). The summed E-state index contributed by atoms with van der Waals surface area (Å²) in [4.78, 5) is 2.68. The van der Waals surface area contributed by atoms with Crippen molar-refractivity contribution in [1.29, 1.82) is 0 Å². The van der Waals surface area contributed by atoms with Gasteiger partial charge < -0.3 is 4.90 Å². The molecule has 0 radical (unpaired) electrons. The van der Waals surface area contributed by atoms with Gasteiger partial charge in [-0.3, -0.25) is 0 Å². The molecule has 7 aromatic carbocycles. The molecule has 0 N–H and O–H groups in total. The SMILES string of the molecule is C1=C2c3cc4ccccc4cc3N3c4cc5ccccc5cc4C(CC1c1cc4ccccc4c4ccccc14)C23. The number of hydrogen-bond donors (Lipinski definition) is 0. The van der Waals surface area contributed by atoms with Gasteiger partial charge in [-0.25, -0.2) is 0 Å². The fraction of sp³-hybridized carbons (Fsp3) is 0.100. The molecule has 7 aromatic rings. The second kappa shape index (κ2) is 7.86. The van der Waals surface area contributed by atoms with E-state index in [1.165, 1.54) is 76.7 Å². The van der Waals surface area contributed by atoms with E-state index in [1.54, 1.807) is 0 Å². The van der Waals surface area contributed by atoms with Crippen LogP contribution in [0.25, 0.3) is 48.7 Å². The molecule has 0 fully saturated rings. The zero-order chi connectivity index (χ0) is 26.7. The largest absolute Gasteiger partial charge is 0.332 e. The molecule has 3 aliphatic rings. The molecule has 0 aromatic heterocycles. The van der Waals surface area contributed by atoms with Crippen LogP contribution < -0.4 is 4.90 Å². The monoisotopic (exact) mass is 521 g/mol. The Balaban J connectivity index is 1.27. The van der Waals surface area contributed by atoms with Crippen LogP contribution in [-0.4, -0.2) is 6.04 Å². The van der Waals surface area contributed by atoms with Crippen LogP contribution in [-0.2, 0) is 0 Å². The summed E-state index contributed by atoms with van der Waals surface area (Å²) >= 11 is 0. The molecular formula is C40H27N. The third kappa shape index (κ3) is 2.91. The van der Waals surface area contributed by atoms with E-state index < -0.39 is 0 Å². The highest BCUT2D eigenvalue weighted by molar-refractivity contribution is 6.10. The van der Waals surface area contributed by atoms with Gasteiger partial charge in [0.25, 0.3) is 0 Å². The average Bonchev–Trinajstić information content (AvgIpc) is 3.52. The minimum Gasteiger partial charge on any atom is -0.332 e. The van der Waals surface area contributed by atoms with Crippen LogP contribution in [0, 0.1) is 0 Å². The molecule has 1 nitrogen and oxygen atoms in total. The maximum atomic E-state index is 2.68. The Morgan fingerprint density at radius 3 is 1.80 bits per heavy atom. The van der Waals surface area contributed by atoms with Crippen molar-refractivity contribution < 1.29 is 0 Å². The van der Waals surface area contributed by atoms with Gasteiger partial charge in [0.1, 0.15) is 0 Å². The van der Waals surface area contributed by atoms with Gasteiger partial charge in [-0.1, -0.05) is 103 Å². The first-order chi connectivity index (χ1) is 20.3. The number of nitrogens with zero attached hydrogens (tertiary/aromatic N) is 1. The molecule has 0 saturated carbocycles. The summed E-state index contributed by atoms with van der Waals surface area (Å²) in [5.74, 6) is 0.790. The number of rotatable bonds is 1. The van der Waals surface area contributed by atoms with E-state index in [4.69, 9.17) is 0 Å². The van der Waals surface area contributed by atoms with Crippen molar-refractivity contribution in [2.75, 3.05) is 4.90 Å². The van der Waals surface area contributed by atoms with Crippen molar-refractivity contribution in [2.45, 2.75) is 24.3 Å². The number of anilines is 2. The lowest BCUT2D eigenvalue weighted by molar-refractivity contribution is 0.553. The molecule has 0 amide bonds. The summed E-state index contributed by atoms with van der Waals surface area (Å²) in [5, 5.41) is 10.7. The number of hydrogen-bond acceptors (Lipinski definition) is 1. The molecule has 41 heavy (non-hydrogen) atoms. The van der Waals surface area contributed by atoms with Gasteiger partial charge in [0, 0.05) is 28.8 Å². The summed E-state index contributed by atoms with van der Waals surface area (Å²) in [6, 6.07) is 48.3. The highest BCUT2D eigenvalue weighted by Crippen LogP contribution is 2.62. The molecule has 0 saturated heterocycles. The lowest BCUT2D eigenvalue weighted by atomic mass is 9.73. The van der Waals surface area contributed by atoms with Crippen molar-refractivity contribution in [1.82, 2.24) is 0 Å². The zero-order valence-corrected chi connectivity index (χ0v) is 22.6. The van der Waals surface area contributed by atoms with Gasteiger partial charge in [-0.05, 0) is 96.5 Å². The Morgan fingerprint density at radius 1 is 0.488 bits per heavy atom. The molecule has 1 aliphatic carbocycles. The van der Waals surface area contributed by atoms with Crippen molar-refractivity contribution >= 4 is 60.0 Å². The van der Waals surface area contributed by atoms with Gasteiger partial charge in [-0.15, -0.1) is 0 Å². The summed E-state index contributed by atoms with van der Waals surface area (Å²) in [7, 11) is 0. The summed E-state index contributed by atoms with van der Waals surface area (Å²) in [5.41, 5.74) is 8.64. The van der Waals surface area contributed by atoms with Crippen molar-refractivity contribution in [3.05, 3.63) is 150 Å². The normalized spacial score (nSPS) is 20.4. The first-order valence-electron chi connectivity index (χ1n) is 14.8. The first kappa shape index (κ1) is 21.9. The van der Waals surface area contributed by atoms with Crippen molar-refractivity contribution in [3.63, 3.8) is 0 Å². The van der Waals surface area contributed by atoms with Crippen LogP contribution in [0.15, 0.2) is 133 Å². The number of fused-ring (bicyclic) bond motifs is 11. The van der Waals surface area contributed by atoms with E-state index in [2.05, 4.69) is 138 Å². The molecule has 0 spiro atoms. The maximum absolute atomic E-state index is 2.68. The molecule has 2 heterocycles. The van der Waals surface area contributed by atoms with E-state index >= 15 is 0 Å². The third-order valence-electron chi connectivity index (χ3n) is 10.1. The average molecular weight is 522 g/mol. The Kier molecular flexibility index (Phi) is 4.20. The summed E-state index contributed by atoms with van der Waals surface area (Å²) in [6.45, 7) is 0. The standard InChI is InChI=1S/C40H27N/c1-3-11-26-22-38-34(17-24(26)9-1)36-20-29(33-19-28-13-5-6-14-30(28)31-15-7-8-16-32(31)33)21-37-35-18-25-10-2-4-12-27(25)23-39(35)41(38)40(36)37/h1-20,22-23,29,37,40H,21H2. The smallest absolute Gasteiger partial charge is 0.0665 e. The van der Waals surface area contributed by atoms with E-state index in [1.807, 2.05) is 0 Å². The maximum Gasteiger partial charge on any atom is 0.0665 e. The first-order valence-corrected chi connectivity index (χ1v) is 14.8. The molecule has 1 heteroatoms. The Morgan fingerprint density at radius 2 is 1.05 bits per heavy atom. The minimum absolute atomic E-state index is 0.345. The topological polar surface area (TPSA) is 3.24 Å². The lowest BCUT2D eigenvalue weighted by Crippen LogP contribution is -2.29. The Bertz CT molecular complexity index is 2270. The van der Waals surface area contributed by atoms with Crippen LogP contribution in [0.3, 0.4) is 0 Å². The van der Waals surface area contributed by atoms with E-state index in [9.17, 15) is 0 Å². The molecule has 192 valence electrons. The predicted molar refractivity (Wildman–Crippen MR) is 173 cm³/mol. The van der Waals surface area contributed by atoms with Crippen molar-refractivity contribution in [2.24, 2.45) is 0 Å². The fourth-order valence-corrected chi connectivity index (χ4v) is 8.31. The van der Waals surface area contributed by atoms with Gasteiger partial charge in [0.2, 0.25) is 0 Å².